The first-order chi connectivity index (χ1) is 10.2. The van der Waals surface area contributed by atoms with Crippen molar-refractivity contribution in [2.45, 2.75) is 13.1 Å². The van der Waals surface area contributed by atoms with Crippen LogP contribution in [0.4, 0.5) is 0 Å². The highest BCUT2D eigenvalue weighted by Crippen LogP contribution is 2.12. The van der Waals surface area contributed by atoms with Crippen LogP contribution in [0.25, 0.3) is 0 Å². The molecule has 2 rings (SSSR count). The minimum Gasteiger partial charge on any atom is -0.492 e. The topological polar surface area (TPSA) is 42.3 Å². The van der Waals surface area contributed by atoms with Gasteiger partial charge in [-0.05, 0) is 31.8 Å². The number of benzene rings is 1. The molecule has 2 aromatic rings. The molecule has 0 unspecified atom stereocenters. The van der Waals surface area contributed by atoms with Crippen LogP contribution in [0.1, 0.15) is 11.1 Å². The van der Waals surface area contributed by atoms with Gasteiger partial charge in [0.05, 0.1) is 6.20 Å². The molecule has 0 spiro atoms. The van der Waals surface area contributed by atoms with Gasteiger partial charge in [-0.15, -0.1) is 0 Å². The molecule has 114 valence electrons. The quantitative estimate of drug-likeness (QED) is 0.802. The Hall–Kier alpha value is -1.85. The maximum Gasteiger partial charge on any atom is 0.119 e. The Morgan fingerprint density at radius 1 is 1.24 bits per heavy atom. The Kier molecular flexibility index (Phi) is 5.78. The molecule has 0 radical (unpaired) electrons. The second-order valence-electron chi connectivity index (χ2n) is 5.28. The number of hydrogen-bond donors (Lipinski definition) is 1. The van der Waals surface area contributed by atoms with Gasteiger partial charge in [-0.1, -0.05) is 12.1 Å². The van der Waals surface area contributed by atoms with Crippen LogP contribution in [-0.4, -0.2) is 41.9 Å². The number of aryl methyl sites for hydroxylation is 1. The molecule has 21 heavy (non-hydrogen) atoms. The molecule has 1 heterocycles. The van der Waals surface area contributed by atoms with Crippen molar-refractivity contribution in [1.82, 2.24) is 20.0 Å². The van der Waals surface area contributed by atoms with Crippen molar-refractivity contribution in [3.05, 3.63) is 47.8 Å². The third-order valence-electron chi connectivity index (χ3n) is 3.26. The summed E-state index contributed by atoms with van der Waals surface area (Å²) in [7, 11) is 5.97. The standard InChI is InChI=1S/C16H24N4O/c1-17-10-14-4-6-16(7-5-14)21-9-8-19(2)12-15-11-18-20(3)13-15/h4-7,11,13,17H,8-10,12H2,1-3H3. The van der Waals surface area contributed by atoms with Gasteiger partial charge in [0.2, 0.25) is 0 Å². The lowest BCUT2D eigenvalue weighted by Gasteiger charge is -2.16. The zero-order valence-corrected chi connectivity index (χ0v) is 13.0. The third kappa shape index (κ3) is 5.21. The molecule has 0 saturated heterocycles. The Morgan fingerprint density at radius 3 is 2.62 bits per heavy atom. The van der Waals surface area contributed by atoms with E-state index in [0.717, 1.165) is 25.4 Å². The van der Waals surface area contributed by atoms with Gasteiger partial charge in [-0.25, -0.2) is 0 Å². The van der Waals surface area contributed by atoms with Crippen LogP contribution in [0.3, 0.4) is 0 Å². The number of ether oxygens (including phenoxy) is 1. The van der Waals surface area contributed by atoms with E-state index in [-0.39, 0.29) is 0 Å². The van der Waals surface area contributed by atoms with Gasteiger partial charge in [-0.2, -0.15) is 5.10 Å². The van der Waals surface area contributed by atoms with E-state index in [4.69, 9.17) is 4.74 Å². The first-order valence-electron chi connectivity index (χ1n) is 7.20. The lowest BCUT2D eigenvalue weighted by atomic mass is 10.2. The third-order valence-corrected chi connectivity index (χ3v) is 3.26. The molecule has 0 fully saturated rings. The van der Waals surface area contributed by atoms with Crippen molar-refractivity contribution in [2.24, 2.45) is 7.05 Å². The molecule has 0 atom stereocenters. The Balaban J connectivity index is 1.70. The predicted molar refractivity (Wildman–Crippen MR) is 84.2 cm³/mol. The number of likely N-dealkylation sites (N-methyl/N-ethyl adjacent to an activating group) is 1. The zero-order chi connectivity index (χ0) is 15.1. The van der Waals surface area contributed by atoms with Gasteiger partial charge in [0.15, 0.2) is 0 Å². The fraction of sp³-hybridized carbons (Fsp3) is 0.438. The van der Waals surface area contributed by atoms with Crippen LogP contribution < -0.4 is 10.1 Å². The summed E-state index contributed by atoms with van der Waals surface area (Å²) in [4.78, 5) is 2.23. The van der Waals surface area contributed by atoms with E-state index >= 15 is 0 Å². The smallest absolute Gasteiger partial charge is 0.119 e. The maximum atomic E-state index is 5.77. The summed E-state index contributed by atoms with van der Waals surface area (Å²) < 4.78 is 7.60. The fourth-order valence-electron chi connectivity index (χ4n) is 2.17. The van der Waals surface area contributed by atoms with E-state index in [1.54, 1.807) is 0 Å². The van der Waals surface area contributed by atoms with E-state index in [2.05, 4.69) is 34.5 Å². The Bertz CT molecular complexity index is 535. The predicted octanol–water partition coefficient (Wildman–Crippen LogP) is 1.65. The van der Waals surface area contributed by atoms with E-state index in [0.29, 0.717) is 6.61 Å². The summed E-state index contributed by atoms with van der Waals surface area (Å²) in [5, 5.41) is 7.31. The fourth-order valence-corrected chi connectivity index (χ4v) is 2.17. The van der Waals surface area contributed by atoms with Crippen LogP contribution in [-0.2, 0) is 20.1 Å². The van der Waals surface area contributed by atoms with Crippen molar-refractivity contribution in [3.63, 3.8) is 0 Å². The van der Waals surface area contributed by atoms with Gasteiger partial charge >= 0.3 is 0 Å². The summed E-state index contributed by atoms with van der Waals surface area (Å²) in [6.07, 6.45) is 3.94. The summed E-state index contributed by atoms with van der Waals surface area (Å²) >= 11 is 0. The molecule has 1 aromatic carbocycles. The summed E-state index contributed by atoms with van der Waals surface area (Å²) in [5.41, 5.74) is 2.48. The largest absolute Gasteiger partial charge is 0.492 e. The highest BCUT2D eigenvalue weighted by molar-refractivity contribution is 5.27. The summed E-state index contributed by atoms with van der Waals surface area (Å²) in [5.74, 6) is 0.921. The molecule has 0 saturated carbocycles. The first-order valence-corrected chi connectivity index (χ1v) is 7.20. The van der Waals surface area contributed by atoms with Crippen molar-refractivity contribution in [3.8, 4) is 5.75 Å². The van der Waals surface area contributed by atoms with Gasteiger partial charge in [-0.3, -0.25) is 9.58 Å². The van der Waals surface area contributed by atoms with Crippen molar-refractivity contribution < 1.29 is 4.74 Å². The number of nitrogens with zero attached hydrogens (tertiary/aromatic N) is 3. The van der Waals surface area contributed by atoms with Crippen LogP contribution >= 0.6 is 0 Å². The lowest BCUT2D eigenvalue weighted by molar-refractivity contribution is 0.233. The molecule has 5 heteroatoms. The average molecular weight is 288 g/mol. The van der Waals surface area contributed by atoms with E-state index in [9.17, 15) is 0 Å². The monoisotopic (exact) mass is 288 g/mol. The van der Waals surface area contributed by atoms with Gasteiger partial charge in [0, 0.05) is 38.4 Å². The first kappa shape index (κ1) is 15.5. The number of hydrogen-bond acceptors (Lipinski definition) is 4. The van der Waals surface area contributed by atoms with Crippen LogP contribution in [0.2, 0.25) is 0 Å². The van der Waals surface area contributed by atoms with Gasteiger partial charge in [0.1, 0.15) is 12.4 Å². The lowest BCUT2D eigenvalue weighted by Crippen LogP contribution is -2.23. The van der Waals surface area contributed by atoms with Gasteiger partial charge in [0.25, 0.3) is 0 Å². The number of aromatic nitrogens is 2. The van der Waals surface area contributed by atoms with E-state index < -0.39 is 0 Å². The summed E-state index contributed by atoms with van der Waals surface area (Å²) in [6.45, 7) is 3.34. The molecular weight excluding hydrogens is 264 g/mol. The minimum absolute atomic E-state index is 0.683. The molecule has 0 aliphatic heterocycles. The molecule has 0 aliphatic carbocycles. The van der Waals surface area contributed by atoms with E-state index in [1.807, 2.05) is 43.3 Å². The highest BCUT2D eigenvalue weighted by atomic mass is 16.5. The molecule has 1 N–H and O–H groups in total. The maximum absolute atomic E-state index is 5.77. The SMILES string of the molecule is CNCc1ccc(OCCN(C)Cc2cnn(C)c2)cc1. The highest BCUT2D eigenvalue weighted by Gasteiger charge is 2.03. The van der Waals surface area contributed by atoms with Gasteiger partial charge < -0.3 is 10.1 Å². The second-order valence-corrected chi connectivity index (χ2v) is 5.28. The average Bonchev–Trinajstić information content (AvgIpc) is 2.86. The van der Waals surface area contributed by atoms with Crippen molar-refractivity contribution >= 4 is 0 Å². The summed E-state index contributed by atoms with van der Waals surface area (Å²) in [6, 6.07) is 8.22. The molecular formula is C16H24N4O. The normalized spacial score (nSPS) is 11.0. The number of nitrogens with one attached hydrogen (secondary N) is 1. The second kappa shape index (κ2) is 7.81. The van der Waals surface area contributed by atoms with Crippen LogP contribution in [0.15, 0.2) is 36.7 Å². The zero-order valence-electron chi connectivity index (χ0n) is 13.0. The molecule has 0 amide bonds. The van der Waals surface area contributed by atoms with E-state index in [1.165, 1.54) is 11.1 Å². The minimum atomic E-state index is 0.683. The van der Waals surface area contributed by atoms with Crippen molar-refractivity contribution in [1.29, 1.82) is 0 Å². The molecule has 5 nitrogen and oxygen atoms in total. The van der Waals surface area contributed by atoms with Crippen molar-refractivity contribution in [2.75, 3.05) is 27.2 Å². The van der Waals surface area contributed by atoms with Crippen LogP contribution in [0, 0.1) is 0 Å². The Labute approximate surface area is 126 Å². The number of rotatable bonds is 8. The molecule has 0 aliphatic rings. The molecule has 1 aromatic heterocycles. The molecule has 0 bridgehead atoms. The van der Waals surface area contributed by atoms with Crippen LogP contribution in [0.5, 0.6) is 5.75 Å². The Morgan fingerprint density at radius 2 is 2.00 bits per heavy atom.